The summed E-state index contributed by atoms with van der Waals surface area (Å²) in [5.74, 6) is -1.01. The lowest BCUT2D eigenvalue weighted by molar-refractivity contribution is -0.139. The maximum absolute atomic E-state index is 14.4. The fraction of sp³-hybridized carbons (Fsp3) is 0.188. The van der Waals surface area contributed by atoms with E-state index in [1.165, 1.54) is 24.1 Å². The predicted molar refractivity (Wildman–Crippen MR) is 172 cm³/mol. The number of rotatable bonds is 11. The second-order valence-electron chi connectivity index (χ2n) is 9.80. The van der Waals surface area contributed by atoms with Gasteiger partial charge in [0.1, 0.15) is 12.6 Å². The van der Waals surface area contributed by atoms with E-state index >= 15 is 0 Å². The van der Waals surface area contributed by atoms with Crippen LogP contribution in [0, 0.1) is 6.92 Å². The van der Waals surface area contributed by atoms with Crippen LogP contribution < -0.4 is 9.62 Å². The van der Waals surface area contributed by atoms with Crippen molar-refractivity contribution in [3.05, 3.63) is 129 Å². The molecule has 4 aromatic carbocycles. The van der Waals surface area contributed by atoms with Gasteiger partial charge in [-0.25, -0.2) is 8.42 Å². The molecule has 1 unspecified atom stereocenters. The van der Waals surface area contributed by atoms with Crippen molar-refractivity contribution in [3.8, 4) is 0 Å². The molecule has 0 heterocycles. The molecule has 4 rings (SSSR count). The molecule has 0 aliphatic heterocycles. The molecule has 0 aromatic heterocycles. The molecule has 0 bridgehead atoms. The third-order valence-electron chi connectivity index (χ3n) is 6.97. The molecule has 2 amide bonds. The number of benzene rings is 4. The van der Waals surface area contributed by atoms with Crippen LogP contribution in [0.1, 0.15) is 16.7 Å². The van der Waals surface area contributed by atoms with Gasteiger partial charge in [-0.3, -0.25) is 13.9 Å². The van der Waals surface area contributed by atoms with E-state index in [2.05, 4.69) is 5.32 Å². The lowest BCUT2D eigenvalue weighted by Crippen LogP contribution is -2.53. The van der Waals surface area contributed by atoms with Gasteiger partial charge in [0, 0.05) is 25.0 Å². The summed E-state index contributed by atoms with van der Waals surface area (Å²) in [7, 11) is -2.74. The number of nitrogens with zero attached hydrogens (tertiary/aromatic N) is 2. The van der Waals surface area contributed by atoms with Crippen molar-refractivity contribution in [1.29, 1.82) is 0 Å². The highest BCUT2D eigenvalue weighted by Crippen LogP contribution is 2.31. The summed E-state index contributed by atoms with van der Waals surface area (Å²) < 4.78 is 29.1. The molecule has 7 nitrogen and oxygen atoms in total. The number of hydrogen-bond acceptors (Lipinski definition) is 4. The number of carbonyl (C=O) groups excluding carboxylic acids is 2. The van der Waals surface area contributed by atoms with Gasteiger partial charge in [-0.05, 0) is 60.0 Å². The number of sulfonamides is 1. The van der Waals surface area contributed by atoms with E-state index in [1.54, 1.807) is 61.5 Å². The van der Waals surface area contributed by atoms with Crippen molar-refractivity contribution in [3.63, 3.8) is 0 Å². The quantitative estimate of drug-likeness (QED) is 0.198. The lowest BCUT2D eigenvalue weighted by atomic mass is 10.0. The van der Waals surface area contributed by atoms with Crippen molar-refractivity contribution >= 4 is 62.3 Å². The first kappa shape index (κ1) is 32.4. The summed E-state index contributed by atoms with van der Waals surface area (Å²) in [5, 5.41) is 3.63. The lowest BCUT2D eigenvalue weighted by Gasteiger charge is -2.34. The van der Waals surface area contributed by atoms with Crippen molar-refractivity contribution in [2.75, 3.05) is 17.9 Å². The van der Waals surface area contributed by atoms with Crippen molar-refractivity contribution in [2.45, 2.75) is 30.8 Å². The molecular weight excluding hydrogens is 629 g/mol. The summed E-state index contributed by atoms with van der Waals surface area (Å²) in [6, 6.07) is 25.9. The van der Waals surface area contributed by atoms with Gasteiger partial charge in [0.05, 0.1) is 20.6 Å². The van der Waals surface area contributed by atoms with Crippen LogP contribution in [0.15, 0.2) is 102 Å². The van der Waals surface area contributed by atoms with Crippen LogP contribution in [0.4, 0.5) is 5.69 Å². The van der Waals surface area contributed by atoms with Crippen molar-refractivity contribution in [1.82, 2.24) is 10.2 Å². The standard InChI is InChI=1S/C32H30Cl3N3O4S/c1-22-26(33)14-9-15-29(22)38(43(41,42)25-12-7-4-8-13-25)21-31(39)37(20-24-16-17-27(34)28(35)18-24)30(32(40)36-2)19-23-10-5-3-6-11-23/h3-18,30H,19-21H2,1-2H3,(H,36,40). The maximum atomic E-state index is 14.4. The summed E-state index contributed by atoms with van der Waals surface area (Å²) in [4.78, 5) is 29.1. The molecule has 0 aliphatic rings. The zero-order valence-electron chi connectivity index (χ0n) is 23.5. The fourth-order valence-electron chi connectivity index (χ4n) is 4.65. The highest BCUT2D eigenvalue weighted by molar-refractivity contribution is 7.92. The number of amides is 2. The number of hydrogen-bond donors (Lipinski definition) is 1. The van der Waals surface area contributed by atoms with Crippen molar-refractivity contribution < 1.29 is 18.0 Å². The molecule has 0 saturated carbocycles. The monoisotopic (exact) mass is 657 g/mol. The van der Waals surface area contributed by atoms with Gasteiger partial charge in [0.2, 0.25) is 11.8 Å². The van der Waals surface area contributed by atoms with E-state index < -0.39 is 34.4 Å². The highest BCUT2D eigenvalue weighted by Gasteiger charge is 2.35. The van der Waals surface area contributed by atoms with Crippen LogP contribution in [0.5, 0.6) is 0 Å². The third-order valence-corrected chi connectivity index (χ3v) is 9.89. The molecule has 224 valence electrons. The maximum Gasteiger partial charge on any atom is 0.264 e. The summed E-state index contributed by atoms with van der Waals surface area (Å²) >= 11 is 18.8. The van der Waals surface area contributed by atoms with Crippen LogP contribution in [0.3, 0.4) is 0 Å². The number of halogens is 3. The van der Waals surface area contributed by atoms with Crippen LogP contribution in [0.2, 0.25) is 15.1 Å². The summed E-state index contributed by atoms with van der Waals surface area (Å²) in [6.07, 6.45) is 0.190. The molecule has 0 spiro atoms. The molecular formula is C32H30Cl3N3O4S. The largest absolute Gasteiger partial charge is 0.357 e. The smallest absolute Gasteiger partial charge is 0.264 e. The van der Waals surface area contributed by atoms with Gasteiger partial charge in [-0.1, -0.05) is 95.5 Å². The average molecular weight is 659 g/mol. The summed E-state index contributed by atoms with van der Waals surface area (Å²) in [5.41, 5.74) is 2.17. The first-order valence-corrected chi connectivity index (χ1v) is 15.9. The molecule has 1 N–H and O–H groups in total. The van der Waals surface area contributed by atoms with Gasteiger partial charge in [-0.2, -0.15) is 0 Å². The Balaban J connectivity index is 1.82. The number of anilines is 1. The Morgan fingerprint density at radius 1 is 0.791 bits per heavy atom. The zero-order valence-corrected chi connectivity index (χ0v) is 26.6. The van der Waals surface area contributed by atoms with Gasteiger partial charge in [-0.15, -0.1) is 0 Å². The highest BCUT2D eigenvalue weighted by atomic mass is 35.5. The van der Waals surface area contributed by atoms with Gasteiger partial charge >= 0.3 is 0 Å². The molecule has 0 radical (unpaired) electrons. The molecule has 0 saturated heterocycles. The molecule has 0 aliphatic carbocycles. The number of carbonyl (C=O) groups is 2. The topological polar surface area (TPSA) is 86.8 Å². The minimum atomic E-state index is -4.23. The normalized spacial score (nSPS) is 11.9. The first-order valence-electron chi connectivity index (χ1n) is 13.3. The van der Waals surface area contributed by atoms with Crippen LogP contribution >= 0.6 is 34.8 Å². The van der Waals surface area contributed by atoms with Gasteiger partial charge in [0.25, 0.3) is 10.0 Å². The first-order chi connectivity index (χ1) is 20.5. The minimum absolute atomic E-state index is 0.00495. The van der Waals surface area contributed by atoms with Gasteiger partial charge in [0.15, 0.2) is 0 Å². The van der Waals surface area contributed by atoms with Crippen LogP contribution in [-0.2, 0) is 32.6 Å². The van der Waals surface area contributed by atoms with E-state index in [0.29, 0.717) is 21.2 Å². The Hall–Kier alpha value is -3.56. The minimum Gasteiger partial charge on any atom is -0.357 e. The number of likely N-dealkylation sites (N-methyl/N-ethyl adjacent to an activating group) is 1. The summed E-state index contributed by atoms with van der Waals surface area (Å²) in [6.45, 7) is 1.06. The molecule has 1 atom stereocenters. The van der Waals surface area contributed by atoms with Crippen molar-refractivity contribution in [2.24, 2.45) is 0 Å². The van der Waals surface area contributed by atoms with Crippen LogP contribution in [0.25, 0.3) is 0 Å². The average Bonchev–Trinajstić information content (AvgIpc) is 3.01. The Morgan fingerprint density at radius 2 is 1.44 bits per heavy atom. The molecule has 43 heavy (non-hydrogen) atoms. The fourth-order valence-corrected chi connectivity index (χ4v) is 6.64. The second kappa shape index (κ2) is 14.3. The zero-order chi connectivity index (χ0) is 31.1. The Morgan fingerprint density at radius 3 is 2.07 bits per heavy atom. The molecule has 11 heteroatoms. The Labute approximate surface area is 267 Å². The number of nitrogens with one attached hydrogen (secondary N) is 1. The van der Waals surface area contributed by atoms with Gasteiger partial charge < -0.3 is 10.2 Å². The second-order valence-corrected chi connectivity index (χ2v) is 12.9. The van der Waals surface area contributed by atoms with E-state index in [4.69, 9.17) is 34.8 Å². The van der Waals surface area contributed by atoms with E-state index in [0.717, 1.165) is 9.87 Å². The third kappa shape index (κ3) is 7.70. The van der Waals surface area contributed by atoms with E-state index in [1.807, 2.05) is 30.3 Å². The SMILES string of the molecule is CNC(=O)C(Cc1ccccc1)N(Cc1ccc(Cl)c(Cl)c1)C(=O)CN(c1cccc(Cl)c1C)S(=O)(=O)c1ccccc1. The predicted octanol–water partition coefficient (Wildman–Crippen LogP) is 6.54. The molecule has 4 aromatic rings. The van der Waals surface area contributed by atoms with Crippen LogP contribution in [-0.4, -0.2) is 44.8 Å². The van der Waals surface area contributed by atoms with E-state index in [-0.39, 0.29) is 28.6 Å². The Bertz CT molecular complexity index is 1700. The molecule has 0 fully saturated rings. The Kier molecular flexibility index (Phi) is 10.7. The van der Waals surface area contributed by atoms with E-state index in [9.17, 15) is 18.0 Å².